The predicted molar refractivity (Wildman–Crippen MR) is 150 cm³/mol. The van der Waals surface area contributed by atoms with Gasteiger partial charge in [0.05, 0.1) is 34.4 Å². The van der Waals surface area contributed by atoms with E-state index in [1.807, 2.05) is 11.8 Å². The number of amides is 2. The average Bonchev–Trinajstić information content (AvgIpc) is 3.20. The molecular formula is C28H28ClF3N6O4. The van der Waals surface area contributed by atoms with Crippen molar-refractivity contribution in [3.63, 3.8) is 0 Å². The topological polar surface area (TPSA) is 102 Å². The van der Waals surface area contributed by atoms with Gasteiger partial charge in [-0.25, -0.2) is 19.7 Å². The fourth-order valence-electron chi connectivity index (χ4n) is 4.53. The fraction of sp³-hybridized carbons (Fsp3) is 0.357. The number of pyridine rings is 1. The molecule has 0 unspecified atom stereocenters. The standard InChI is InChI=1S/C28H28ClF3N6O4/c1-4-37-9-6-10-38(25-21(37)12-20(29)24(36-25)17-7-5-8-18(11-17)28(30,31)32)26(39)35-22-13-34-23(14-33-22)40-15-19-16-41-27(2,3)42-19/h5,7-8,11-14,16H,4,6,9-10,15H2,1-3H3,(H,33,35,39). The van der Waals surface area contributed by atoms with Crippen LogP contribution >= 0.6 is 11.6 Å². The van der Waals surface area contributed by atoms with Crippen molar-refractivity contribution in [2.45, 2.75) is 39.2 Å². The molecule has 14 heteroatoms. The molecule has 0 atom stereocenters. The monoisotopic (exact) mass is 604 g/mol. The minimum atomic E-state index is -4.53. The van der Waals surface area contributed by atoms with E-state index in [-0.39, 0.29) is 40.4 Å². The molecule has 0 saturated heterocycles. The van der Waals surface area contributed by atoms with Gasteiger partial charge in [0.15, 0.2) is 24.0 Å². The van der Waals surface area contributed by atoms with Gasteiger partial charge in [-0.2, -0.15) is 13.2 Å². The summed E-state index contributed by atoms with van der Waals surface area (Å²) >= 11 is 6.55. The van der Waals surface area contributed by atoms with Crippen LogP contribution in [0.4, 0.5) is 35.3 Å². The van der Waals surface area contributed by atoms with Gasteiger partial charge in [-0.15, -0.1) is 0 Å². The second-order valence-electron chi connectivity index (χ2n) is 9.99. The number of fused-ring (bicyclic) bond motifs is 1. The summed E-state index contributed by atoms with van der Waals surface area (Å²) in [6.45, 7) is 7.12. The van der Waals surface area contributed by atoms with Crippen LogP contribution < -0.4 is 19.9 Å². The quantitative estimate of drug-likeness (QED) is 0.341. The molecular weight excluding hydrogens is 577 g/mol. The van der Waals surface area contributed by atoms with Crippen molar-refractivity contribution in [2.24, 2.45) is 0 Å². The zero-order valence-electron chi connectivity index (χ0n) is 23.0. The Bertz CT molecular complexity index is 1500. The number of anilines is 3. The zero-order valence-corrected chi connectivity index (χ0v) is 23.8. The Balaban J connectivity index is 1.37. The number of nitrogens with zero attached hydrogens (tertiary/aromatic N) is 5. The van der Waals surface area contributed by atoms with E-state index in [0.717, 1.165) is 12.1 Å². The number of hydrogen-bond acceptors (Lipinski definition) is 8. The minimum Gasteiger partial charge on any atom is -0.468 e. The van der Waals surface area contributed by atoms with Gasteiger partial charge in [0.1, 0.15) is 6.26 Å². The molecule has 4 heterocycles. The first-order valence-electron chi connectivity index (χ1n) is 13.2. The van der Waals surface area contributed by atoms with Crippen LogP contribution in [0.1, 0.15) is 32.8 Å². The molecule has 5 rings (SSSR count). The Labute approximate surface area is 245 Å². The van der Waals surface area contributed by atoms with Gasteiger partial charge in [0, 0.05) is 39.0 Å². The van der Waals surface area contributed by atoms with Crippen molar-refractivity contribution in [1.82, 2.24) is 15.0 Å². The van der Waals surface area contributed by atoms with E-state index in [9.17, 15) is 18.0 Å². The predicted octanol–water partition coefficient (Wildman–Crippen LogP) is 6.48. The molecule has 0 fully saturated rings. The number of halogens is 4. The third-order valence-corrected chi connectivity index (χ3v) is 6.80. The van der Waals surface area contributed by atoms with E-state index in [0.29, 0.717) is 37.5 Å². The van der Waals surface area contributed by atoms with E-state index >= 15 is 0 Å². The van der Waals surface area contributed by atoms with Crippen LogP contribution in [0.15, 0.2) is 54.7 Å². The summed E-state index contributed by atoms with van der Waals surface area (Å²) in [5.74, 6) is 0.386. The number of aromatic nitrogens is 3. The lowest BCUT2D eigenvalue weighted by atomic mass is 10.1. The van der Waals surface area contributed by atoms with Gasteiger partial charge in [-0.3, -0.25) is 10.2 Å². The molecule has 0 radical (unpaired) electrons. The van der Waals surface area contributed by atoms with E-state index in [1.165, 1.54) is 35.7 Å². The van der Waals surface area contributed by atoms with E-state index in [2.05, 4.69) is 20.3 Å². The molecule has 2 aromatic heterocycles. The first kappa shape index (κ1) is 29.2. The van der Waals surface area contributed by atoms with Crippen molar-refractivity contribution in [3.05, 3.63) is 65.3 Å². The number of hydrogen-bond donors (Lipinski definition) is 1. The number of carbonyl (C=O) groups is 1. The molecule has 1 N–H and O–H groups in total. The highest BCUT2D eigenvalue weighted by atomic mass is 35.5. The van der Waals surface area contributed by atoms with E-state index in [4.69, 9.17) is 25.8 Å². The number of rotatable bonds is 6. The van der Waals surface area contributed by atoms with Crippen LogP contribution in [0.2, 0.25) is 5.02 Å². The summed E-state index contributed by atoms with van der Waals surface area (Å²) in [7, 11) is 0. The molecule has 1 aromatic carbocycles. The molecule has 42 heavy (non-hydrogen) atoms. The van der Waals surface area contributed by atoms with Crippen LogP contribution in [0.3, 0.4) is 0 Å². The van der Waals surface area contributed by atoms with Crippen LogP contribution in [0.25, 0.3) is 11.3 Å². The summed E-state index contributed by atoms with van der Waals surface area (Å²) < 4.78 is 56.7. The Morgan fingerprint density at radius 2 is 2.00 bits per heavy atom. The highest BCUT2D eigenvalue weighted by Gasteiger charge is 2.32. The van der Waals surface area contributed by atoms with Gasteiger partial charge in [-0.1, -0.05) is 23.7 Å². The van der Waals surface area contributed by atoms with Crippen molar-refractivity contribution < 1.29 is 32.2 Å². The number of benzene rings is 1. The van der Waals surface area contributed by atoms with Gasteiger partial charge in [0.2, 0.25) is 11.7 Å². The van der Waals surface area contributed by atoms with Gasteiger partial charge < -0.3 is 19.1 Å². The third-order valence-electron chi connectivity index (χ3n) is 6.51. The first-order valence-corrected chi connectivity index (χ1v) is 13.5. The molecule has 0 bridgehead atoms. The van der Waals surface area contributed by atoms with Crippen molar-refractivity contribution >= 4 is 35.0 Å². The summed E-state index contributed by atoms with van der Waals surface area (Å²) in [4.78, 5) is 29.9. The maximum Gasteiger partial charge on any atom is 0.416 e. The van der Waals surface area contributed by atoms with Gasteiger partial charge in [-0.05, 0) is 31.5 Å². The second kappa shape index (κ2) is 11.6. The molecule has 2 amide bonds. The number of urea groups is 1. The number of carbonyl (C=O) groups excluding carboxylic acids is 1. The summed E-state index contributed by atoms with van der Waals surface area (Å²) in [5, 5.41) is 2.88. The van der Waals surface area contributed by atoms with Crippen LogP contribution in [0.5, 0.6) is 5.88 Å². The lowest BCUT2D eigenvalue weighted by molar-refractivity contribution is -0.137. The smallest absolute Gasteiger partial charge is 0.416 e. The molecule has 3 aromatic rings. The Hall–Kier alpha value is -4.26. The van der Waals surface area contributed by atoms with Crippen LogP contribution in [-0.2, 0) is 15.7 Å². The maximum absolute atomic E-state index is 13.5. The highest BCUT2D eigenvalue weighted by molar-refractivity contribution is 6.33. The molecule has 0 aliphatic carbocycles. The molecule has 2 aliphatic rings. The lowest BCUT2D eigenvalue weighted by Gasteiger charge is -2.26. The first-order chi connectivity index (χ1) is 19.9. The van der Waals surface area contributed by atoms with Crippen LogP contribution in [-0.4, -0.2) is 53.0 Å². The molecule has 222 valence electrons. The van der Waals surface area contributed by atoms with E-state index in [1.54, 1.807) is 19.9 Å². The Kier molecular flexibility index (Phi) is 8.04. The van der Waals surface area contributed by atoms with Crippen LogP contribution in [0, 0.1) is 0 Å². The Morgan fingerprint density at radius 1 is 1.19 bits per heavy atom. The summed E-state index contributed by atoms with van der Waals surface area (Å²) in [5.41, 5.74) is 0.0823. The second-order valence-corrected chi connectivity index (χ2v) is 10.4. The number of nitrogens with one attached hydrogen (secondary N) is 1. The largest absolute Gasteiger partial charge is 0.468 e. The maximum atomic E-state index is 13.5. The summed E-state index contributed by atoms with van der Waals surface area (Å²) in [6, 6.07) is 5.86. The molecule has 2 aliphatic heterocycles. The normalized spacial score (nSPS) is 16.1. The van der Waals surface area contributed by atoms with Gasteiger partial charge >= 0.3 is 12.2 Å². The molecule has 0 saturated carbocycles. The zero-order chi connectivity index (χ0) is 30.1. The third kappa shape index (κ3) is 6.46. The highest BCUT2D eigenvalue weighted by Crippen LogP contribution is 2.40. The van der Waals surface area contributed by atoms with Crippen molar-refractivity contribution in [1.29, 1.82) is 0 Å². The minimum absolute atomic E-state index is 0.0880. The molecule has 0 spiro atoms. The van der Waals surface area contributed by atoms with Crippen molar-refractivity contribution in [2.75, 3.05) is 41.4 Å². The SMILES string of the molecule is CCN1CCCN(C(=O)Nc2cnc(OCC3=COC(C)(C)O3)cn2)c2nc(-c3cccc(C(F)(F)F)c3)c(Cl)cc21. The number of ether oxygens (including phenoxy) is 3. The fourth-order valence-corrected chi connectivity index (χ4v) is 4.79. The molecule has 10 nitrogen and oxygen atoms in total. The lowest BCUT2D eigenvalue weighted by Crippen LogP contribution is -2.36. The van der Waals surface area contributed by atoms with E-state index < -0.39 is 23.6 Å². The van der Waals surface area contributed by atoms with Gasteiger partial charge in [0.25, 0.3) is 0 Å². The Morgan fingerprint density at radius 3 is 2.67 bits per heavy atom. The average molecular weight is 605 g/mol. The summed E-state index contributed by atoms with van der Waals surface area (Å²) in [6.07, 6.45) is 0.257. The number of alkyl halides is 3. The van der Waals surface area contributed by atoms with Crippen molar-refractivity contribution in [3.8, 4) is 17.1 Å².